The maximum Gasteiger partial charge on any atom is 0.305 e. The minimum absolute atomic E-state index is 0.00187. The zero-order valence-electron chi connectivity index (χ0n) is 21.5. The molecule has 2 N–H and O–H groups in total. The van der Waals surface area contributed by atoms with E-state index < -0.39 is 36.2 Å². The summed E-state index contributed by atoms with van der Waals surface area (Å²) in [4.78, 5) is 26.4. The van der Waals surface area contributed by atoms with Gasteiger partial charge in [-0.25, -0.2) is 17.6 Å². The van der Waals surface area contributed by atoms with Gasteiger partial charge in [0.05, 0.1) is 18.2 Å². The zero-order valence-corrected chi connectivity index (χ0v) is 21.5. The molecule has 1 saturated heterocycles. The molecule has 1 saturated carbocycles. The van der Waals surface area contributed by atoms with E-state index in [1.807, 2.05) is 0 Å². The van der Waals surface area contributed by atoms with Gasteiger partial charge in [0.1, 0.15) is 12.3 Å². The number of rotatable bonds is 10. The van der Waals surface area contributed by atoms with Crippen LogP contribution >= 0.6 is 0 Å². The third-order valence-electron chi connectivity index (χ3n) is 7.53. The number of likely N-dealkylation sites (tertiary alicyclic amines) is 1. The molecule has 0 unspecified atom stereocenters. The number of hydrogen-bond donors (Lipinski definition) is 2. The third-order valence-corrected chi connectivity index (χ3v) is 7.53. The van der Waals surface area contributed by atoms with Crippen LogP contribution in [0.3, 0.4) is 0 Å². The molecule has 11 heteroatoms. The maximum absolute atomic E-state index is 14.5. The van der Waals surface area contributed by atoms with Crippen LogP contribution in [0.15, 0.2) is 30.3 Å². The molecule has 1 aromatic carbocycles. The number of carbonyl (C=O) groups excluding carboxylic acids is 1. The minimum atomic E-state index is -3.11. The first-order valence-electron chi connectivity index (χ1n) is 13.1. The number of hydrogen-bond acceptors (Lipinski definition) is 4. The normalized spacial score (nSPS) is 22.5. The fourth-order valence-corrected chi connectivity index (χ4v) is 5.56. The first-order valence-corrected chi connectivity index (χ1v) is 13.1. The Labute approximate surface area is 219 Å². The molecule has 2 aromatic rings. The first kappa shape index (κ1) is 28.1. The summed E-state index contributed by atoms with van der Waals surface area (Å²) in [6.45, 7) is 2.38. The average molecular weight is 539 g/mol. The van der Waals surface area contributed by atoms with E-state index in [2.05, 4.69) is 10.4 Å². The van der Waals surface area contributed by atoms with E-state index in [-0.39, 0.29) is 54.8 Å². The lowest BCUT2D eigenvalue weighted by molar-refractivity contribution is -0.137. The minimum Gasteiger partial charge on any atom is -0.481 e. The Balaban J connectivity index is 1.60. The van der Waals surface area contributed by atoms with Crippen LogP contribution in [0.5, 0.6) is 0 Å². The highest BCUT2D eigenvalue weighted by Crippen LogP contribution is 2.39. The number of amides is 1. The monoisotopic (exact) mass is 538 g/mol. The van der Waals surface area contributed by atoms with E-state index in [0.717, 1.165) is 32.6 Å². The van der Waals surface area contributed by atoms with Crippen molar-refractivity contribution >= 4 is 11.9 Å². The number of halogens is 4. The number of benzene rings is 1. The predicted molar refractivity (Wildman–Crippen MR) is 134 cm³/mol. The smallest absolute Gasteiger partial charge is 0.305 e. The lowest BCUT2D eigenvalue weighted by Gasteiger charge is -2.27. The van der Waals surface area contributed by atoms with Crippen LogP contribution in [0.2, 0.25) is 0 Å². The van der Waals surface area contributed by atoms with Gasteiger partial charge in [0.15, 0.2) is 5.69 Å². The molecule has 208 valence electrons. The Morgan fingerprint density at radius 1 is 1.16 bits per heavy atom. The lowest BCUT2D eigenvalue weighted by Crippen LogP contribution is -2.42. The number of nitrogens with one attached hydrogen (secondary N) is 1. The van der Waals surface area contributed by atoms with Crippen LogP contribution in [0.1, 0.15) is 74.5 Å². The maximum atomic E-state index is 14.5. The summed E-state index contributed by atoms with van der Waals surface area (Å²) in [5.41, 5.74) is 0.511. The van der Waals surface area contributed by atoms with Gasteiger partial charge in [0.2, 0.25) is 0 Å². The number of alkyl halides is 4. The van der Waals surface area contributed by atoms with Gasteiger partial charge < -0.3 is 10.4 Å². The second-order valence-corrected chi connectivity index (χ2v) is 10.6. The van der Waals surface area contributed by atoms with Gasteiger partial charge in [0, 0.05) is 43.2 Å². The van der Waals surface area contributed by atoms with Gasteiger partial charge in [-0.2, -0.15) is 5.10 Å². The van der Waals surface area contributed by atoms with Crippen LogP contribution in [-0.2, 0) is 10.7 Å². The number of aromatic nitrogens is 2. The van der Waals surface area contributed by atoms with Gasteiger partial charge >= 0.3 is 5.97 Å². The Hall–Kier alpha value is -2.95. The second kappa shape index (κ2) is 11.4. The Morgan fingerprint density at radius 3 is 2.39 bits per heavy atom. The van der Waals surface area contributed by atoms with E-state index in [1.165, 1.54) is 18.2 Å². The van der Waals surface area contributed by atoms with Crippen molar-refractivity contribution in [1.29, 1.82) is 0 Å². The summed E-state index contributed by atoms with van der Waals surface area (Å²) in [6, 6.07) is 6.37. The van der Waals surface area contributed by atoms with Crippen LogP contribution in [0, 0.1) is 0 Å². The van der Waals surface area contributed by atoms with E-state index >= 15 is 0 Å². The average Bonchev–Trinajstić information content (AvgIpc) is 3.58. The van der Waals surface area contributed by atoms with Crippen molar-refractivity contribution < 1.29 is 32.3 Å². The van der Waals surface area contributed by atoms with Gasteiger partial charge in [-0.3, -0.25) is 19.2 Å². The van der Waals surface area contributed by atoms with Crippen LogP contribution in [0.25, 0.3) is 11.3 Å². The molecule has 4 atom stereocenters. The summed E-state index contributed by atoms with van der Waals surface area (Å²) in [7, 11) is 0. The van der Waals surface area contributed by atoms with E-state index in [1.54, 1.807) is 28.6 Å². The fraction of sp³-hybridized carbons (Fsp3) is 0.593. The van der Waals surface area contributed by atoms with E-state index in [9.17, 15) is 32.3 Å². The summed E-state index contributed by atoms with van der Waals surface area (Å²) in [5.74, 6) is -4.87. The molecule has 0 radical (unpaired) electrons. The number of nitrogens with zero attached hydrogens (tertiary/aromatic N) is 3. The highest BCUT2D eigenvalue weighted by atomic mass is 19.3. The molecule has 38 heavy (non-hydrogen) atoms. The molecule has 7 nitrogen and oxygen atoms in total. The molecular formula is C27H34F4N4O3. The van der Waals surface area contributed by atoms with Crippen LogP contribution < -0.4 is 5.32 Å². The summed E-state index contributed by atoms with van der Waals surface area (Å²) >= 11 is 0. The van der Waals surface area contributed by atoms with Crippen LogP contribution in [0.4, 0.5) is 17.6 Å². The number of aliphatic carboxylic acids is 1. The number of carbonyl (C=O) groups is 2. The largest absolute Gasteiger partial charge is 0.481 e. The molecule has 4 rings (SSSR count). The highest BCUT2D eigenvalue weighted by molar-refractivity contribution is 5.94. The van der Waals surface area contributed by atoms with Crippen molar-refractivity contribution in [3.63, 3.8) is 0 Å². The molecule has 2 aliphatic rings. The Kier molecular flexibility index (Phi) is 8.44. The van der Waals surface area contributed by atoms with Crippen LogP contribution in [-0.4, -0.2) is 69.2 Å². The first-order chi connectivity index (χ1) is 17.9. The van der Waals surface area contributed by atoms with Crippen molar-refractivity contribution in [2.75, 3.05) is 13.1 Å². The summed E-state index contributed by atoms with van der Waals surface area (Å²) in [6.07, 6.45) is 0.127. The molecule has 1 amide bonds. The van der Waals surface area contributed by atoms with Crippen molar-refractivity contribution in [3.05, 3.63) is 41.6 Å². The van der Waals surface area contributed by atoms with Gasteiger partial charge in [-0.15, -0.1) is 0 Å². The van der Waals surface area contributed by atoms with E-state index in [0.29, 0.717) is 5.69 Å². The Bertz CT molecular complexity index is 1140. The van der Waals surface area contributed by atoms with Crippen molar-refractivity contribution in [2.24, 2.45) is 0 Å². The van der Waals surface area contributed by atoms with Crippen molar-refractivity contribution in [2.45, 2.75) is 88.8 Å². The molecule has 2 fully saturated rings. The molecule has 0 spiro atoms. The molecule has 0 bridgehead atoms. The number of carboxylic acid groups (broad SMARTS) is 1. The standard InChI is InChI=1S/C27H34F4N4O3/c1-16(34-14-21(28)22(29)15-34)11-17(12-25(36)37)32-26(38)23-13-24(35(33-23)18-7-3-4-8-18)19-9-5-6-10-20(19)27(2,30)31/h5-6,9-10,13,16-18,21-22H,3-4,7-8,11-12,14-15H2,1-2H3,(H,32,38)(H,36,37)/t16-,17+,21-,22-/m1/s1. The zero-order chi connectivity index (χ0) is 27.6. The van der Waals surface area contributed by atoms with E-state index in [4.69, 9.17) is 0 Å². The SMILES string of the molecule is C[C@H](C[C@@H](CC(=O)O)NC(=O)c1cc(-c2ccccc2C(C)(F)F)n(C2CCCC2)n1)N1C[C@@H](F)[C@H](F)C1. The summed E-state index contributed by atoms with van der Waals surface area (Å²) in [5, 5.41) is 16.6. The molecular weight excluding hydrogens is 504 g/mol. The summed E-state index contributed by atoms with van der Waals surface area (Å²) < 4.78 is 57.9. The molecule has 2 heterocycles. The lowest BCUT2D eigenvalue weighted by atomic mass is 9.99. The second-order valence-electron chi connectivity index (χ2n) is 10.6. The quantitative estimate of drug-likeness (QED) is 0.410. The highest BCUT2D eigenvalue weighted by Gasteiger charge is 2.36. The topological polar surface area (TPSA) is 87.5 Å². The third kappa shape index (κ3) is 6.36. The predicted octanol–water partition coefficient (Wildman–Crippen LogP) is 5.12. The van der Waals surface area contributed by atoms with Gasteiger partial charge in [-0.1, -0.05) is 37.1 Å². The van der Waals surface area contributed by atoms with Crippen molar-refractivity contribution in [1.82, 2.24) is 20.0 Å². The van der Waals surface area contributed by atoms with Crippen molar-refractivity contribution in [3.8, 4) is 11.3 Å². The molecule has 1 aromatic heterocycles. The molecule has 1 aliphatic heterocycles. The Morgan fingerprint density at radius 2 is 1.79 bits per heavy atom. The number of carboxylic acids is 1. The van der Waals surface area contributed by atoms with Gasteiger partial charge in [0.25, 0.3) is 11.8 Å². The van der Waals surface area contributed by atoms with Gasteiger partial charge in [-0.05, 0) is 32.3 Å². The molecule has 1 aliphatic carbocycles. The fourth-order valence-electron chi connectivity index (χ4n) is 5.56.